The molecular formula is C20H8B5Br. The number of rotatable bonds is 1. The van der Waals surface area contributed by atoms with Crippen LogP contribution in [-0.2, 0) is 0 Å². The topological polar surface area (TPSA) is 0 Å². The second kappa shape index (κ2) is 6.42. The number of halogens is 1. The van der Waals surface area contributed by atoms with Gasteiger partial charge in [-0.25, -0.2) is 0 Å². The van der Waals surface area contributed by atoms with E-state index in [9.17, 15) is 0 Å². The molecule has 0 amide bonds. The first-order chi connectivity index (χ1) is 12.4. The van der Waals surface area contributed by atoms with Crippen LogP contribution in [0.25, 0.3) is 32.7 Å². The molecule has 0 nitrogen and oxygen atoms in total. The quantitative estimate of drug-likeness (QED) is 0.330. The van der Waals surface area contributed by atoms with Crippen molar-refractivity contribution in [1.29, 1.82) is 0 Å². The lowest BCUT2D eigenvalue weighted by atomic mass is 9.59. The lowest BCUT2D eigenvalue weighted by Crippen LogP contribution is -2.55. The van der Waals surface area contributed by atoms with Crippen molar-refractivity contribution in [3.8, 4) is 11.1 Å². The summed E-state index contributed by atoms with van der Waals surface area (Å²) in [4.78, 5) is 0. The monoisotopic (exact) mass is 382 g/mol. The first-order valence-corrected chi connectivity index (χ1v) is 8.83. The summed E-state index contributed by atoms with van der Waals surface area (Å²) in [6, 6.07) is 16.1. The van der Waals surface area contributed by atoms with Gasteiger partial charge in [0.2, 0.25) is 0 Å². The Hall–Kier alpha value is -1.80. The van der Waals surface area contributed by atoms with Gasteiger partial charge >= 0.3 is 0 Å². The highest BCUT2D eigenvalue weighted by Crippen LogP contribution is 2.40. The summed E-state index contributed by atoms with van der Waals surface area (Å²) in [5, 5.41) is 4.10. The Bertz CT molecular complexity index is 1110. The largest absolute Gasteiger partial charge is 0.113 e. The van der Waals surface area contributed by atoms with Gasteiger partial charge in [0.25, 0.3) is 0 Å². The van der Waals surface area contributed by atoms with Gasteiger partial charge in [0.1, 0.15) is 39.2 Å². The highest BCUT2D eigenvalue weighted by molar-refractivity contribution is 9.10. The van der Waals surface area contributed by atoms with Crippen molar-refractivity contribution in [3.05, 3.63) is 53.0 Å². The molecule has 10 radical (unpaired) electrons. The van der Waals surface area contributed by atoms with Crippen molar-refractivity contribution in [2.75, 3.05) is 0 Å². The van der Waals surface area contributed by atoms with Crippen LogP contribution in [0.5, 0.6) is 0 Å². The molecule has 0 aliphatic heterocycles. The molecule has 0 heterocycles. The average Bonchev–Trinajstić information content (AvgIpc) is 2.67. The number of hydrogen-bond donors (Lipinski definition) is 0. The maximum absolute atomic E-state index is 6.35. The van der Waals surface area contributed by atoms with E-state index in [2.05, 4.69) is 15.9 Å². The third kappa shape index (κ3) is 2.42. The van der Waals surface area contributed by atoms with Crippen LogP contribution in [0.3, 0.4) is 0 Å². The second-order valence-electron chi connectivity index (χ2n) is 6.22. The van der Waals surface area contributed by atoms with Crippen LogP contribution in [0.4, 0.5) is 0 Å². The minimum atomic E-state index is 0.217. The molecule has 0 aromatic heterocycles. The van der Waals surface area contributed by atoms with Gasteiger partial charge in [-0.15, -0.1) is 16.4 Å². The number of hydrogen-bond acceptors (Lipinski definition) is 0. The maximum Gasteiger partial charge on any atom is 0.113 e. The smallest absolute Gasteiger partial charge is 0.112 e. The lowest BCUT2D eigenvalue weighted by Gasteiger charge is -2.24. The highest BCUT2D eigenvalue weighted by Gasteiger charge is 2.18. The Morgan fingerprint density at radius 2 is 0.808 bits per heavy atom. The van der Waals surface area contributed by atoms with E-state index in [-0.39, 0.29) is 16.4 Å². The van der Waals surface area contributed by atoms with Gasteiger partial charge in [0.05, 0.1) is 0 Å². The molecule has 6 heteroatoms. The van der Waals surface area contributed by atoms with E-state index >= 15 is 0 Å². The molecule has 0 N–H and O–H groups in total. The molecule has 0 saturated carbocycles. The Balaban J connectivity index is 2.32. The van der Waals surface area contributed by atoms with Crippen LogP contribution >= 0.6 is 15.9 Å². The molecular weight excluding hydrogens is 374 g/mol. The third-order valence-corrected chi connectivity index (χ3v) is 5.67. The molecule has 0 saturated heterocycles. The first-order valence-electron chi connectivity index (χ1n) is 8.04. The van der Waals surface area contributed by atoms with Gasteiger partial charge in [0.15, 0.2) is 0 Å². The maximum atomic E-state index is 6.35. The van der Waals surface area contributed by atoms with E-state index in [4.69, 9.17) is 39.2 Å². The fourth-order valence-corrected chi connectivity index (χ4v) is 4.16. The summed E-state index contributed by atoms with van der Waals surface area (Å²) in [7, 11) is 30.9. The molecule has 4 rings (SSSR count). The zero-order valence-electron chi connectivity index (χ0n) is 13.9. The molecule has 0 fully saturated rings. The predicted molar refractivity (Wildman–Crippen MR) is 122 cm³/mol. The van der Waals surface area contributed by atoms with Crippen LogP contribution in [0, 0.1) is 0 Å². The van der Waals surface area contributed by atoms with Crippen LogP contribution in [0.15, 0.2) is 53.0 Å². The fraction of sp³-hybridized carbons (Fsp3) is 0. The number of benzene rings is 4. The molecule has 0 aliphatic carbocycles. The molecule has 0 spiro atoms. The van der Waals surface area contributed by atoms with Crippen molar-refractivity contribution < 1.29 is 0 Å². The van der Waals surface area contributed by atoms with Crippen LogP contribution in [-0.4, -0.2) is 39.2 Å². The van der Waals surface area contributed by atoms with Gasteiger partial charge in [0, 0.05) is 4.47 Å². The Labute approximate surface area is 167 Å². The van der Waals surface area contributed by atoms with E-state index in [1.54, 1.807) is 0 Å². The standard InChI is InChI=1S/C20H8B5Br/c21-15-14(16(22)18(24)19(25)17(15)23)13-9-5-1-3-7-11(9)20(26)12-8-4-2-6-10(12)13/h1-8H. The molecule has 0 atom stereocenters. The Kier molecular flexibility index (Phi) is 4.35. The SMILES string of the molecule is [B]c1c([B])c([B])c(-c2c3ccccc3c(Br)c3ccccc23)c([B])c1[B]. The third-order valence-electron chi connectivity index (χ3n) is 4.82. The minimum Gasteiger partial charge on any atom is -0.112 e. The first kappa shape index (κ1) is 17.6. The predicted octanol–water partition coefficient (Wildman–Crippen LogP) is 0.392. The summed E-state index contributed by atoms with van der Waals surface area (Å²) in [5.41, 5.74) is 2.92. The van der Waals surface area contributed by atoms with Crippen LogP contribution in [0.2, 0.25) is 0 Å². The van der Waals surface area contributed by atoms with Gasteiger partial charge < -0.3 is 0 Å². The van der Waals surface area contributed by atoms with Crippen molar-refractivity contribution in [1.82, 2.24) is 0 Å². The molecule has 26 heavy (non-hydrogen) atoms. The Morgan fingerprint density at radius 1 is 0.462 bits per heavy atom. The van der Waals surface area contributed by atoms with Crippen molar-refractivity contribution in [3.63, 3.8) is 0 Å². The van der Waals surface area contributed by atoms with Gasteiger partial charge in [-0.1, -0.05) is 59.5 Å². The fourth-order valence-electron chi connectivity index (χ4n) is 3.46. The summed E-state index contributed by atoms with van der Waals surface area (Å²) < 4.78 is 1.01. The van der Waals surface area contributed by atoms with E-state index < -0.39 is 0 Å². The van der Waals surface area contributed by atoms with Crippen molar-refractivity contribution in [2.45, 2.75) is 0 Å². The molecule has 4 aromatic rings. The normalized spacial score (nSPS) is 11.3. The summed E-state index contributed by atoms with van der Waals surface area (Å²) in [5.74, 6) is 0. The van der Waals surface area contributed by atoms with E-state index in [1.165, 1.54) is 0 Å². The lowest BCUT2D eigenvalue weighted by molar-refractivity contribution is 1.73. The van der Waals surface area contributed by atoms with E-state index in [0.29, 0.717) is 16.5 Å². The molecule has 4 aromatic carbocycles. The van der Waals surface area contributed by atoms with Crippen molar-refractivity contribution >= 4 is 104 Å². The molecule has 0 unspecified atom stereocenters. The van der Waals surface area contributed by atoms with Gasteiger partial charge in [-0.05, 0) is 48.6 Å². The van der Waals surface area contributed by atoms with Crippen LogP contribution in [0.1, 0.15) is 0 Å². The summed E-state index contributed by atoms with van der Waals surface area (Å²) in [6.45, 7) is 0. The van der Waals surface area contributed by atoms with Crippen LogP contribution < -0.4 is 27.3 Å². The minimum absolute atomic E-state index is 0.217. The zero-order valence-corrected chi connectivity index (χ0v) is 15.5. The molecule has 110 valence electrons. The summed E-state index contributed by atoms with van der Waals surface area (Å²) in [6.07, 6.45) is 0. The van der Waals surface area contributed by atoms with Gasteiger partial charge in [-0.3, -0.25) is 0 Å². The van der Waals surface area contributed by atoms with Gasteiger partial charge in [-0.2, -0.15) is 0 Å². The molecule has 0 aliphatic rings. The average molecular weight is 382 g/mol. The highest BCUT2D eigenvalue weighted by atomic mass is 79.9. The summed E-state index contributed by atoms with van der Waals surface area (Å²) >= 11 is 3.73. The van der Waals surface area contributed by atoms with Crippen molar-refractivity contribution in [2.24, 2.45) is 0 Å². The zero-order chi connectivity index (χ0) is 18.6. The Morgan fingerprint density at radius 3 is 1.23 bits per heavy atom. The number of fused-ring (bicyclic) bond motifs is 2. The van der Waals surface area contributed by atoms with E-state index in [1.807, 2.05) is 48.5 Å². The molecule has 0 bridgehead atoms. The van der Waals surface area contributed by atoms with E-state index in [0.717, 1.165) is 31.6 Å². The second-order valence-corrected chi connectivity index (χ2v) is 7.02.